The van der Waals surface area contributed by atoms with E-state index in [1.807, 2.05) is 29.7 Å². The van der Waals surface area contributed by atoms with Crippen LogP contribution in [0.1, 0.15) is 30.1 Å². The normalized spacial score (nSPS) is 21.0. The molecule has 2 heterocycles. The first-order chi connectivity index (χ1) is 13.4. The van der Waals surface area contributed by atoms with E-state index in [-0.39, 0.29) is 18.0 Å². The first kappa shape index (κ1) is 18.4. The minimum atomic E-state index is -1.34. The molecule has 0 saturated heterocycles. The second kappa shape index (κ2) is 7.22. The van der Waals surface area contributed by atoms with Crippen LogP contribution in [0.3, 0.4) is 0 Å². The summed E-state index contributed by atoms with van der Waals surface area (Å²) in [5, 5.41) is 3.22. The van der Waals surface area contributed by atoms with E-state index in [2.05, 4.69) is 10.3 Å². The van der Waals surface area contributed by atoms with Crippen molar-refractivity contribution in [1.29, 1.82) is 0 Å². The maximum absolute atomic E-state index is 13.9. The Morgan fingerprint density at radius 2 is 2.14 bits per heavy atom. The number of anilines is 2. The summed E-state index contributed by atoms with van der Waals surface area (Å²) in [5.41, 5.74) is 2.85. The van der Waals surface area contributed by atoms with E-state index in [0.29, 0.717) is 24.4 Å². The summed E-state index contributed by atoms with van der Waals surface area (Å²) in [4.78, 5) is 16.2. The van der Waals surface area contributed by atoms with Gasteiger partial charge in [0.05, 0.1) is 13.2 Å². The summed E-state index contributed by atoms with van der Waals surface area (Å²) in [6.07, 6.45) is 2.52. The largest absolute Gasteiger partial charge is 0.497 e. The fourth-order valence-electron chi connectivity index (χ4n) is 3.93. The van der Waals surface area contributed by atoms with Crippen LogP contribution < -0.4 is 15.6 Å². The molecular weight excluding hydrogens is 364 g/mol. The van der Waals surface area contributed by atoms with Crippen molar-refractivity contribution in [3.8, 4) is 5.75 Å². The second-order valence-electron chi connectivity index (χ2n) is 7.13. The van der Waals surface area contributed by atoms with Crippen LogP contribution in [0, 0.1) is 6.92 Å². The Kier molecular flexibility index (Phi) is 4.75. The lowest BCUT2D eigenvalue weighted by atomic mass is 9.95. The molecule has 2 aromatic rings. The Labute approximate surface area is 161 Å². The maximum atomic E-state index is 13.9. The number of rotatable bonds is 4. The number of aryl methyl sites for hydroxylation is 2. The van der Waals surface area contributed by atoms with Gasteiger partial charge in [-0.1, -0.05) is 0 Å². The topological polar surface area (TPSA) is 56.1 Å². The zero-order valence-electron chi connectivity index (χ0n) is 15.7. The van der Waals surface area contributed by atoms with Gasteiger partial charge in [0, 0.05) is 23.9 Å². The molecule has 1 aromatic carbocycles. The Hall–Kier alpha value is -2.96. The van der Waals surface area contributed by atoms with Crippen LogP contribution in [-0.4, -0.2) is 22.8 Å². The van der Waals surface area contributed by atoms with Crippen molar-refractivity contribution in [3.05, 3.63) is 69.4 Å². The van der Waals surface area contributed by atoms with Crippen molar-refractivity contribution in [2.75, 3.05) is 12.4 Å². The fourth-order valence-corrected chi connectivity index (χ4v) is 3.93. The standard InChI is InChI=1S/C21H21F2N3O2/c1-12-7-17(28-2)4-5-18(12)24-21-25-20(27)11-16-3-6-19(26(16)21)13-8-14(22)10-15(23)9-13/h4-5,7-8,10-11,15,19H,3,6,9H2,1-2H3,(H,24,25,27). The molecule has 1 N–H and O–H groups in total. The van der Waals surface area contributed by atoms with E-state index in [1.54, 1.807) is 7.11 Å². The SMILES string of the molecule is COc1ccc(Nc2nc(=O)cc3n2C(C2=CC(F)=CC(F)C2)CC3)c(C)c1. The molecule has 2 aliphatic rings. The average molecular weight is 385 g/mol. The minimum absolute atomic E-state index is 0.144. The van der Waals surface area contributed by atoms with Crippen LogP contribution in [-0.2, 0) is 6.42 Å². The van der Waals surface area contributed by atoms with Gasteiger partial charge in [-0.15, -0.1) is 0 Å². The number of alkyl halides is 1. The molecule has 1 aromatic heterocycles. The number of fused-ring (bicyclic) bond motifs is 1. The maximum Gasteiger partial charge on any atom is 0.274 e. The summed E-state index contributed by atoms with van der Waals surface area (Å²) in [6, 6.07) is 6.81. The average Bonchev–Trinajstić information content (AvgIpc) is 3.06. The molecule has 1 aliphatic carbocycles. The van der Waals surface area contributed by atoms with Crippen LogP contribution in [0.25, 0.3) is 0 Å². The van der Waals surface area contributed by atoms with Crippen molar-refractivity contribution in [1.82, 2.24) is 9.55 Å². The fraction of sp³-hybridized carbons (Fsp3) is 0.333. The highest BCUT2D eigenvalue weighted by molar-refractivity contribution is 5.60. The van der Waals surface area contributed by atoms with Gasteiger partial charge in [-0.05, 0) is 61.3 Å². The van der Waals surface area contributed by atoms with Crippen molar-refractivity contribution >= 4 is 11.6 Å². The lowest BCUT2D eigenvalue weighted by Crippen LogP contribution is -2.21. The molecule has 0 spiro atoms. The van der Waals surface area contributed by atoms with Gasteiger partial charge in [0.2, 0.25) is 5.95 Å². The van der Waals surface area contributed by atoms with E-state index in [1.165, 1.54) is 12.1 Å². The van der Waals surface area contributed by atoms with Gasteiger partial charge in [-0.3, -0.25) is 4.79 Å². The number of nitrogens with one attached hydrogen (secondary N) is 1. The van der Waals surface area contributed by atoms with Crippen molar-refractivity contribution in [3.63, 3.8) is 0 Å². The van der Waals surface area contributed by atoms with Crippen LogP contribution in [0.4, 0.5) is 20.4 Å². The van der Waals surface area contributed by atoms with Gasteiger partial charge in [0.1, 0.15) is 17.7 Å². The zero-order valence-corrected chi connectivity index (χ0v) is 15.7. The molecule has 28 heavy (non-hydrogen) atoms. The van der Waals surface area contributed by atoms with Crippen LogP contribution >= 0.6 is 0 Å². The highest BCUT2D eigenvalue weighted by Crippen LogP contribution is 2.39. The van der Waals surface area contributed by atoms with Crippen LogP contribution in [0.2, 0.25) is 0 Å². The molecule has 0 bridgehead atoms. The van der Waals surface area contributed by atoms with Crippen molar-refractivity contribution in [2.24, 2.45) is 0 Å². The van der Waals surface area contributed by atoms with E-state index >= 15 is 0 Å². The summed E-state index contributed by atoms with van der Waals surface area (Å²) in [6.45, 7) is 1.92. The number of ether oxygens (including phenoxy) is 1. The molecule has 7 heteroatoms. The number of nitrogens with zero attached hydrogens (tertiary/aromatic N) is 2. The predicted octanol–water partition coefficient (Wildman–Crippen LogP) is 4.31. The summed E-state index contributed by atoms with van der Waals surface area (Å²) >= 11 is 0. The number of aromatic nitrogens is 2. The van der Waals surface area contributed by atoms with E-state index < -0.39 is 12.0 Å². The molecule has 0 fully saturated rings. The van der Waals surface area contributed by atoms with Crippen LogP contribution in [0.5, 0.6) is 5.75 Å². The third-order valence-electron chi connectivity index (χ3n) is 5.23. The number of allylic oxidation sites excluding steroid dienone is 4. The third kappa shape index (κ3) is 3.44. The van der Waals surface area contributed by atoms with E-state index in [9.17, 15) is 13.6 Å². The van der Waals surface area contributed by atoms with Crippen molar-refractivity contribution in [2.45, 2.75) is 38.4 Å². The summed E-state index contributed by atoms with van der Waals surface area (Å²) in [5.74, 6) is 0.550. The quantitative estimate of drug-likeness (QED) is 0.852. The van der Waals surface area contributed by atoms with E-state index in [4.69, 9.17) is 4.74 Å². The number of methoxy groups -OCH3 is 1. The number of hydrogen-bond donors (Lipinski definition) is 1. The minimum Gasteiger partial charge on any atom is -0.497 e. The molecule has 4 rings (SSSR count). The molecule has 2 unspecified atom stereocenters. The number of benzene rings is 1. The molecule has 1 aliphatic heterocycles. The molecular formula is C21H21F2N3O2. The lowest BCUT2D eigenvalue weighted by molar-refractivity contribution is 0.371. The number of hydrogen-bond acceptors (Lipinski definition) is 4. The van der Waals surface area contributed by atoms with E-state index in [0.717, 1.165) is 28.8 Å². The summed E-state index contributed by atoms with van der Waals surface area (Å²) < 4.78 is 34.8. The highest BCUT2D eigenvalue weighted by Gasteiger charge is 2.30. The highest BCUT2D eigenvalue weighted by atomic mass is 19.1. The summed E-state index contributed by atoms with van der Waals surface area (Å²) in [7, 11) is 1.60. The monoisotopic (exact) mass is 385 g/mol. The van der Waals surface area contributed by atoms with Crippen molar-refractivity contribution < 1.29 is 13.5 Å². The Balaban J connectivity index is 1.74. The lowest BCUT2D eigenvalue weighted by Gasteiger charge is -2.24. The first-order valence-electron chi connectivity index (χ1n) is 9.20. The molecule has 146 valence electrons. The van der Waals surface area contributed by atoms with Crippen LogP contribution in [0.15, 0.2) is 52.6 Å². The smallest absolute Gasteiger partial charge is 0.274 e. The van der Waals surface area contributed by atoms with Gasteiger partial charge in [0.25, 0.3) is 5.56 Å². The Morgan fingerprint density at radius 1 is 1.32 bits per heavy atom. The molecule has 0 radical (unpaired) electrons. The zero-order chi connectivity index (χ0) is 19.8. The third-order valence-corrected chi connectivity index (χ3v) is 5.23. The van der Waals surface area contributed by atoms with Gasteiger partial charge >= 0.3 is 0 Å². The molecule has 0 saturated carbocycles. The van der Waals surface area contributed by atoms with Gasteiger partial charge in [-0.2, -0.15) is 4.98 Å². The van der Waals surface area contributed by atoms with Gasteiger partial charge in [0.15, 0.2) is 0 Å². The van der Waals surface area contributed by atoms with Gasteiger partial charge < -0.3 is 14.6 Å². The first-order valence-corrected chi connectivity index (χ1v) is 9.20. The molecule has 0 amide bonds. The predicted molar refractivity (Wildman–Crippen MR) is 104 cm³/mol. The Bertz CT molecular complexity index is 1040. The molecule has 2 atom stereocenters. The second-order valence-corrected chi connectivity index (χ2v) is 7.13. The van der Waals surface area contributed by atoms with Gasteiger partial charge in [-0.25, -0.2) is 8.78 Å². The Morgan fingerprint density at radius 3 is 2.86 bits per heavy atom. The molecule has 5 nitrogen and oxygen atoms in total. The number of halogens is 2.